The van der Waals surface area contributed by atoms with Gasteiger partial charge in [0.15, 0.2) is 0 Å². The molecule has 144 valence electrons. The fraction of sp³-hybridized carbons (Fsp3) is 0.400. The van der Waals surface area contributed by atoms with Gasteiger partial charge in [-0.1, -0.05) is 35.3 Å². The SMILES string of the molecule is CC1(C)OB(c2cccc(OCCc3c(Cl)ccc(F)c3Cl)c2)OC1(C)C. The van der Waals surface area contributed by atoms with Crippen LogP contribution < -0.4 is 10.2 Å². The maximum absolute atomic E-state index is 13.6. The van der Waals surface area contributed by atoms with Gasteiger partial charge >= 0.3 is 7.12 Å². The predicted octanol–water partition coefficient (Wildman–Crippen LogP) is 5.05. The third-order valence-corrected chi connectivity index (χ3v) is 5.91. The molecule has 0 spiro atoms. The van der Waals surface area contributed by atoms with Crippen LogP contribution in [0.5, 0.6) is 5.75 Å². The predicted molar refractivity (Wildman–Crippen MR) is 108 cm³/mol. The quantitative estimate of drug-likeness (QED) is 0.509. The molecular weight excluding hydrogens is 389 g/mol. The molecule has 1 aliphatic heterocycles. The number of ether oxygens (including phenoxy) is 1. The Morgan fingerprint density at radius 2 is 1.70 bits per heavy atom. The molecule has 2 aromatic rings. The van der Waals surface area contributed by atoms with Crippen LogP contribution in [0.25, 0.3) is 0 Å². The minimum absolute atomic E-state index is 0.0390. The van der Waals surface area contributed by atoms with Crippen molar-refractivity contribution in [2.24, 2.45) is 0 Å². The summed E-state index contributed by atoms with van der Waals surface area (Å²) in [5.41, 5.74) is 0.618. The van der Waals surface area contributed by atoms with Crippen molar-refractivity contribution in [3.63, 3.8) is 0 Å². The van der Waals surface area contributed by atoms with E-state index in [1.165, 1.54) is 12.1 Å². The standard InChI is InChI=1S/C20H22BCl2FO3/c1-19(2)20(3,4)27-21(26-19)13-6-5-7-14(12-13)25-11-10-15-16(22)8-9-17(24)18(15)23/h5-9,12H,10-11H2,1-4H3. The van der Waals surface area contributed by atoms with Crippen molar-refractivity contribution in [1.82, 2.24) is 0 Å². The summed E-state index contributed by atoms with van der Waals surface area (Å²) in [6, 6.07) is 10.3. The molecule has 0 radical (unpaired) electrons. The molecule has 1 saturated heterocycles. The van der Waals surface area contributed by atoms with E-state index >= 15 is 0 Å². The Bertz CT molecular complexity index is 826. The van der Waals surface area contributed by atoms with Crippen LogP contribution in [0, 0.1) is 5.82 Å². The lowest BCUT2D eigenvalue weighted by Gasteiger charge is -2.32. The van der Waals surface area contributed by atoms with E-state index in [9.17, 15) is 4.39 Å². The molecule has 3 nitrogen and oxygen atoms in total. The van der Waals surface area contributed by atoms with Crippen LogP contribution in [-0.2, 0) is 15.7 Å². The van der Waals surface area contributed by atoms with Crippen LogP contribution >= 0.6 is 23.2 Å². The van der Waals surface area contributed by atoms with Crippen molar-refractivity contribution in [2.75, 3.05) is 6.61 Å². The second kappa shape index (κ2) is 7.63. The average Bonchev–Trinajstić information content (AvgIpc) is 2.82. The van der Waals surface area contributed by atoms with Gasteiger partial charge in [-0.25, -0.2) is 4.39 Å². The van der Waals surface area contributed by atoms with Crippen LogP contribution in [0.1, 0.15) is 33.3 Å². The molecule has 1 fully saturated rings. The molecule has 0 unspecified atom stereocenters. The topological polar surface area (TPSA) is 27.7 Å². The van der Waals surface area contributed by atoms with E-state index in [-0.39, 0.29) is 5.02 Å². The van der Waals surface area contributed by atoms with Crippen molar-refractivity contribution in [2.45, 2.75) is 45.3 Å². The Morgan fingerprint density at radius 1 is 1.04 bits per heavy atom. The summed E-state index contributed by atoms with van der Waals surface area (Å²) in [4.78, 5) is 0. The first-order chi connectivity index (χ1) is 12.6. The zero-order valence-corrected chi connectivity index (χ0v) is 17.3. The highest BCUT2D eigenvalue weighted by Crippen LogP contribution is 2.36. The highest BCUT2D eigenvalue weighted by molar-refractivity contribution is 6.62. The Morgan fingerprint density at radius 3 is 2.37 bits per heavy atom. The van der Waals surface area contributed by atoms with E-state index in [0.717, 1.165) is 5.46 Å². The van der Waals surface area contributed by atoms with Gasteiger partial charge in [0.1, 0.15) is 11.6 Å². The summed E-state index contributed by atoms with van der Waals surface area (Å²) >= 11 is 12.1. The maximum atomic E-state index is 13.6. The van der Waals surface area contributed by atoms with Gasteiger partial charge in [0, 0.05) is 11.4 Å². The molecule has 1 heterocycles. The average molecular weight is 411 g/mol. The Labute approximate surface area is 169 Å². The highest BCUT2D eigenvalue weighted by Gasteiger charge is 2.51. The Kier molecular flexibility index (Phi) is 5.78. The monoisotopic (exact) mass is 410 g/mol. The number of hydrogen-bond donors (Lipinski definition) is 0. The number of rotatable bonds is 5. The third-order valence-electron chi connectivity index (χ3n) is 5.14. The fourth-order valence-electron chi connectivity index (χ4n) is 2.80. The molecule has 1 aliphatic rings. The molecule has 7 heteroatoms. The van der Waals surface area contributed by atoms with Crippen molar-refractivity contribution < 1.29 is 18.4 Å². The lowest BCUT2D eigenvalue weighted by Crippen LogP contribution is -2.41. The third kappa shape index (κ3) is 4.27. The second-order valence-electron chi connectivity index (χ2n) is 7.58. The fourth-order valence-corrected chi connectivity index (χ4v) is 3.36. The summed E-state index contributed by atoms with van der Waals surface area (Å²) in [5, 5.41) is 0.466. The van der Waals surface area contributed by atoms with Crippen LogP contribution in [-0.4, -0.2) is 24.9 Å². The van der Waals surface area contributed by atoms with Gasteiger partial charge in [-0.3, -0.25) is 0 Å². The van der Waals surface area contributed by atoms with Gasteiger partial charge in [0.05, 0.1) is 22.8 Å². The smallest absolute Gasteiger partial charge is 0.493 e. The van der Waals surface area contributed by atoms with E-state index in [1.807, 2.05) is 52.0 Å². The summed E-state index contributed by atoms with van der Waals surface area (Å²) in [5.74, 6) is 0.185. The first-order valence-electron chi connectivity index (χ1n) is 8.81. The first-order valence-corrected chi connectivity index (χ1v) is 9.57. The lowest BCUT2D eigenvalue weighted by atomic mass is 9.79. The first kappa shape index (κ1) is 20.5. The van der Waals surface area contributed by atoms with Crippen LogP contribution in [0.15, 0.2) is 36.4 Å². The van der Waals surface area contributed by atoms with Gasteiger partial charge in [-0.05, 0) is 63.0 Å². The van der Waals surface area contributed by atoms with Crippen molar-refractivity contribution in [3.8, 4) is 5.75 Å². The van der Waals surface area contributed by atoms with E-state index in [1.54, 1.807) is 0 Å². The van der Waals surface area contributed by atoms with E-state index in [4.69, 9.17) is 37.2 Å². The van der Waals surface area contributed by atoms with Crippen molar-refractivity contribution in [3.05, 3.63) is 57.8 Å². The number of benzene rings is 2. The molecule has 27 heavy (non-hydrogen) atoms. The van der Waals surface area contributed by atoms with Crippen LogP contribution in [0.2, 0.25) is 10.0 Å². The molecule has 2 aromatic carbocycles. The van der Waals surface area contributed by atoms with Crippen LogP contribution in [0.3, 0.4) is 0 Å². The van der Waals surface area contributed by atoms with E-state index in [2.05, 4.69) is 0 Å². The summed E-state index contributed by atoms with van der Waals surface area (Å²) < 4.78 is 31.6. The normalized spacial score (nSPS) is 18.0. The molecule has 0 aliphatic carbocycles. The molecule has 0 bridgehead atoms. The summed E-state index contributed by atoms with van der Waals surface area (Å²) in [6.45, 7) is 8.37. The zero-order valence-electron chi connectivity index (χ0n) is 15.8. The Hall–Kier alpha value is -1.27. The van der Waals surface area contributed by atoms with Crippen molar-refractivity contribution >= 4 is 35.8 Å². The molecule has 0 amide bonds. The van der Waals surface area contributed by atoms with Gasteiger partial charge in [-0.15, -0.1) is 0 Å². The van der Waals surface area contributed by atoms with E-state index < -0.39 is 24.1 Å². The molecular formula is C20H22BCl2FO3. The Balaban J connectivity index is 1.67. The number of halogens is 3. The molecule has 0 N–H and O–H groups in total. The van der Waals surface area contributed by atoms with Gasteiger partial charge in [-0.2, -0.15) is 0 Å². The van der Waals surface area contributed by atoms with Crippen LogP contribution in [0.4, 0.5) is 4.39 Å². The minimum atomic E-state index is -0.487. The maximum Gasteiger partial charge on any atom is 0.494 e. The number of hydrogen-bond acceptors (Lipinski definition) is 3. The largest absolute Gasteiger partial charge is 0.494 e. The van der Waals surface area contributed by atoms with Gasteiger partial charge in [0.2, 0.25) is 0 Å². The zero-order chi connectivity index (χ0) is 19.8. The minimum Gasteiger partial charge on any atom is -0.493 e. The highest BCUT2D eigenvalue weighted by atomic mass is 35.5. The van der Waals surface area contributed by atoms with E-state index in [0.29, 0.717) is 29.4 Å². The van der Waals surface area contributed by atoms with Crippen molar-refractivity contribution in [1.29, 1.82) is 0 Å². The molecule has 3 rings (SSSR count). The molecule has 0 atom stereocenters. The van der Waals surface area contributed by atoms with Gasteiger partial charge in [0.25, 0.3) is 0 Å². The second-order valence-corrected chi connectivity index (χ2v) is 8.37. The molecule has 0 saturated carbocycles. The summed E-state index contributed by atoms with van der Waals surface area (Å²) in [6.07, 6.45) is 0.399. The van der Waals surface area contributed by atoms with Gasteiger partial charge < -0.3 is 14.0 Å². The summed E-state index contributed by atoms with van der Waals surface area (Å²) in [7, 11) is -0.453. The molecule has 0 aromatic heterocycles. The lowest BCUT2D eigenvalue weighted by molar-refractivity contribution is 0.00578.